The molecule has 3 aromatic carbocycles. The van der Waals surface area contributed by atoms with Crippen molar-refractivity contribution in [3.8, 4) is 17.2 Å². The fraction of sp³-hybridized carbons (Fsp3) is 0.355. The standard InChI is InChI=1S/C31H37N3O4/c1-23-12-6-9-15-27(23)38-21-11-20-34-26-14-8-7-13-25(26)33-30(34)16-5-4-10-19-32-31(35)24-17-18-28(36-2)29(22-24)37-3/h6-9,12-15,17-18,22H,4-5,10-11,16,19-21H2,1-3H3,(H,32,35). The van der Waals surface area contributed by atoms with Gasteiger partial charge in [-0.2, -0.15) is 0 Å². The van der Waals surface area contributed by atoms with Gasteiger partial charge in [0, 0.05) is 25.1 Å². The molecule has 200 valence electrons. The van der Waals surface area contributed by atoms with Crippen LogP contribution in [0.3, 0.4) is 0 Å². The lowest BCUT2D eigenvalue weighted by atomic mass is 10.1. The van der Waals surface area contributed by atoms with E-state index < -0.39 is 0 Å². The molecule has 4 aromatic rings. The number of benzene rings is 3. The van der Waals surface area contributed by atoms with Gasteiger partial charge in [-0.05, 0) is 68.1 Å². The number of carbonyl (C=O) groups is 1. The predicted octanol–water partition coefficient (Wildman–Crippen LogP) is 5.97. The lowest BCUT2D eigenvalue weighted by Crippen LogP contribution is -2.24. The van der Waals surface area contributed by atoms with E-state index in [1.807, 2.05) is 24.3 Å². The third-order valence-electron chi connectivity index (χ3n) is 6.62. The first kappa shape index (κ1) is 27.0. The molecule has 1 aromatic heterocycles. The molecule has 0 bridgehead atoms. The summed E-state index contributed by atoms with van der Waals surface area (Å²) in [6.07, 6.45) is 4.73. The van der Waals surface area contributed by atoms with Gasteiger partial charge in [-0.1, -0.05) is 36.8 Å². The molecule has 38 heavy (non-hydrogen) atoms. The summed E-state index contributed by atoms with van der Waals surface area (Å²) in [6.45, 7) is 4.22. The van der Waals surface area contributed by atoms with Crippen molar-refractivity contribution in [2.75, 3.05) is 27.4 Å². The molecule has 0 saturated heterocycles. The average Bonchev–Trinajstić information content (AvgIpc) is 3.30. The number of aryl methyl sites for hydroxylation is 3. The average molecular weight is 516 g/mol. The molecule has 0 spiro atoms. The normalized spacial score (nSPS) is 10.9. The van der Waals surface area contributed by atoms with E-state index >= 15 is 0 Å². The van der Waals surface area contributed by atoms with E-state index in [-0.39, 0.29) is 5.91 Å². The molecule has 0 radical (unpaired) electrons. The van der Waals surface area contributed by atoms with Crippen molar-refractivity contribution in [2.45, 2.75) is 45.6 Å². The first-order chi connectivity index (χ1) is 18.6. The maximum Gasteiger partial charge on any atom is 0.251 e. The molecule has 0 fully saturated rings. The molecule has 4 rings (SSSR count). The number of amides is 1. The number of carbonyl (C=O) groups excluding carboxylic acids is 1. The van der Waals surface area contributed by atoms with Crippen molar-refractivity contribution < 1.29 is 19.0 Å². The Kier molecular flexibility index (Phi) is 9.62. The monoisotopic (exact) mass is 515 g/mol. The van der Waals surface area contributed by atoms with Gasteiger partial charge in [-0.25, -0.2) is 4.98 Å². The molecule has 1 N–H and O–H groups in total. The van der Waals surface area contributed by atoms with E-state index in [1.54, 1.807) is 32.4 Å². The number of hydrogen-bond donors (Lipinski definition) is 1. The molecule has 7 heteroatoms. The number of ether oxygens (including phenoxy) is 3. The summed E-state index contributed by atoms with van der Waals surface area (Å²) in [4.78, 5) is 17.4. The SMILES string of the molecule is COc1ccc(C(=O)NCCCCCc2nc3ccccc3n2CCCOc2ccccc2C)cc1OC. The van der Waals surface area contributed by atoms with Gasteiger partial charge in [0.15, 0.2) is 11.5 Å². The van der Waals surface area contributed by atoms with Crippen molar-refractivity contribution in [2.24, 2.45) is 0 Å². The molecule has 0 aliphatic carbocycles. The topological polar surface area (TPSA) is 74.6 Å². The Hall–Kier alpha value is -4.00. The highest BCUT2D eigenvalue weighted by atomic mass is 16.5. The maximum atomic E-state index is 12.5. The van der Waals surface area contributed by atoms with Crippen LogP contribution in [-0.2, 0) is 13.0 Å². The van der Waals surface area contributed by atoms with Crippen LogP contribution in [0.5, 0.6) is 17.2 Å². The number of para-hydroxylation sites is 3. The molecule has 0 saturated carbocycles. The van der Waals surface area contributed by atoms with Gasteiger partial charge in [0.05, 0.1) is 31.9 Å². The summed E-state index contributed by atoms with van der Waals surface area (Å²) >= 11 is 0. The van der Waals surface area contributed by atoms with Crippen LogP contribution in [0.1, 0.15) is 47.4 Å². The van der Waals surface area contributed by atoms with Crippen LogP contribution in [0.2, 0.25) is 0 Å². The van der Waals surface area contributed by atoms with Crippen LogP contribution in [0.25, 0.3) is 11.0 Å². The summed E-state index contributed by atoms with van der Waals surface area (Å²) < 4.78 is 18.9. The molecular weight excluding hydrogens is 478 g/mol. The fourth-order valence-electron chi connectivity index (χ4n) is 4.56. The molecular formula is C31H37N3O4. The van der Waals surface area contributed by atoms with Crippen molar-refractivity contribution >= 4 is 16.9 Å². The van der Waals surface area contributed by atoms with E-state index in [0.717, 1.165) is 61.3 Å². The molecule has 7 nitrogen and oxygen atoms in total. The van der Waals surface area contributed by atoms with E-state index in [1.165, 1.54) is 5.52 Å². The van der Waals surface area contributed by atoms with Crippen LogP contribution in [0.15, 0.2) is 66.7 Å². The quantitative estimate of drug-likeness (QED) is 0.209. The van der Waals surface area contributed by atoms with Crippen molar-refractivity contribution in [1.82, 2.24) is 14.9 Å². The van der Waals surface area contributed by atoms with Crippen LogP contribution in [0, 0.1) is 6.92 Å². The highest BCUT2D eigenvalue weighted by molar-refractivity contribution is 5.94. The van der Waals surface area contributed by atoms with E-state index in [4.69, 9.17) is 19.2 Å². The lowest BCUT2D eigenvalue weighted by molar-refractivity contribution is 0.0952. The van der Waals surface area contributed by atoms with Crippen LogP contribution >= 0.6 is 0 Å². The summed E-state index contributed by atoms with van der Waals surface area (Å²) in [5, 5.41) is 3.00. The van der Waals surface area contributed by atoms with E-state index in [9.17, 15) is 4.79 Å². The maximum absolute atomic E-state index is 12.5. The second-order valence-electron chi connectivity index (χ2n) is 9.27. The second-order valence-corrected chi connectivity index (χ2v) is 9.27. The van der Waals surface area contributed by atoms with Crippen LogP contribution in [-0.4, -0.2) is 42.8 Å². The van der Waals surface area contributed by atoms with Gasteiger partial charge >= 0.3 is 0 Å². The summed E-state index contributed by atoms with van der Waals surface area (Å²) in [5.74, 6) is 3.09. The number of aromatic nitrogens is 2. The van der Waals surface area contributed by atoms with Crippen LogP contribution < -0.4 is 19.5 Å². The number of hydrogen-bond acceptors (Lipinski definition) is 5. The minimum Gasteiger partial charge on any atom is -0.493 e. The zero-order valence-electron chi connectivity index (χ0n) is 22.5. The minimum absolute atomic E-state index is 0.110. The Morgan fingerprint density at radius 1 is 0.868 bits per heavy atom. The summed E-state index contributed by atoms with van der Waals surface area (Å²) in [5.41, 5.74) is 3.91. The number of unbranched alkanes of at least 4 members (excludes halogenated alkanes) is 2. The number of nitrogens with zero attached hydrogens (tertiary/aromatic N) is 2. The van der Waals surface area contributed by atoms with E-state index in [0.29, 0.717) is 30.2 Å². The van der Waals surface area contributed by atoms with Crippen molar-refractivity contribution in [1.29, 1.82) is 0 Å². The summed E-state index contributed by atoms with van der Waals surface area (Å²) in [7, 11) is 3.14. The number of fused-ring (bicyclic) bond motifs is 1. The van der Waals surface area contributed by atoms with Gasteiger partial charge in [0.1, 0.15) is 11.6 Å². The highest BCUT2D eigenvalue weighted by Gasteiger charge is 2.12. The third kappa shape index (κ3) is 6.85. The fourth-order valence-corrected chi connectivity index (χ4v) is 4.56. The Labute approximate surface area is 224 Å². The smallest absolute Gasteiger partial charge is 0.251 e. The zero-order chi connectivity index (χ0) is 26.7. The van der Waals surface area contributed by atoms with Crippen molar-refractivity contribution in [3.05, 3.63) is 83.7 Å². The highest BCUT2D eigenvalue weighted by Crippen LogP contribution is 2.27. The lowest BCUT2D eigenvalue weighted by Gasteiger charge is -2.12. The Bertz CT molecular complexity index is 1350. The van der Waals surface area contributed by atoms with Gasteiger partial charge in [0.25, 0.3) is 5.91 Å². The second kappa shape index (κ2) is 13.5. The molecule has 0 aliphatic rings. The predicted molar refractivity (Wildman–Crippen MR) is 150 cm³/mol. The largest absolute Gasteiger partial charge is 0.493 e. The first-order valence-corrected chi connectivity index (χ1v) is 13.2. The van der Waals surface area contributed by atoms with Crippen molar-refractivity contribution in [3.63, 3.8) is 0 Å². The molecule has 0 unspecified atom stereocenters. The number of nitrogens with one attached hydrogen (secondary N) is 1. The zero-order valence-corrected chi connectivity index (χ0v) is 22.5. The molecule has 1 heterocycles. The van der Waals surface area contributed by atoms with Gasteiger partial charge in [-0.3, -0.25) is 4.79 Å². The third-order valence-corrected chi connectivity index (χ3v) is 6.62. The Morgan fingerprint density at radius 2 is 1.66 bits per heavy atom. The Morgan fingerprint density at radius 3 is 2.47 bits per heavy atom. The molecule has 0 aliphatic heterocycles. The summed E-state index contributed by atoms with van der Waals surface area (Å²) in [6, 6.07) is 21.6. The van der Waals surface area contributed by atoms with Crippen LogP contribution in [0.4, 0.5) is 0 Å². The van der Waals surface area contributed by atoms with E-state index in [2.05, 4.69) is 41.1 Å². The number of imidazole rings is 1. The molecule has 1 amide bonds. The number of rotatable bonds is 14. The Balaban J connectivity index is 1.24. The minimum atomic E-state index is -0.110. The molecule has 0 atom stereocenters. The number of methoxy groups -OCH3 is 2. The first-order valence-electron chi connectivity index (χ1n) is 13.2. The van der Waals surface area contributed by atoms with Gasteiger partial charge < -0.3 is 24.1 Å². The van der Waals surface area contributed by atoms with Gasteiger partial charge in [0.2, 0.25) is 0 Å². The van der Waals surface area contributed by atoms with Gasteiger partial charge in [-0.15, -0.1) is 0 Å².